The van der Waals surface area contributed by atoms with Gasteiger partial charge in [-0.05, 0) is 26.0 Å². The topological polar surface area (TPSA) is 51.4 Å². The minimum atomic E-state index is 0.388. The molecule has 0 saturated carbocycles. The van der Waals surface area contributed by atoms with Crippen molar-refractivity contribution in [2.45, 2.75) is 25.9 Å². The lowest BCUT2D eigenvalue weighted by Gasteiger charge is -2.40. The maximum absolute atomic E-state index is 5.57. The fourth-order valence-corrected chi connectivity index (χ4v) is 2.06. The van der Waals surface area contributed by atoms with Crippen LogP contribution in [0.3, 0.4) is 0 Å². The Labute approximate surface area is 90.0 Å². The lowest BCUT2D eigenvalue weighted by atomic mass is 10.1. The molecule has 4 nitrogen and oxygen atoms in total. The third kappa shape index (κ3) is 2.04. The van der Waals surface area contributed by atoms with Crippen molar-refractivity contribution in [1.82, 2.24) is 4.98 Å². The average molecular weight is 207 g/mol. The molecule has 4 heteroatoms. The predicted octanol–water partition coefficient (Wildman–Crippen LogP) is 1.28. The van der Waals surface area contributed by atoms with Gasteiger partial charge in [0.2, 0.25) is 0 Å². The summed E-state index contributed by atoms with van der Waals surface area (Å²) in [5.74, 6) is 0.562. The van der Waals surface area contributed by atoms with Crippen molar-refractivity contribution in [3.63, 3.8) is 0 Å². The van der Waals surface area contributed by atoms with Gasteiger partial charge in [0.25, 0.3) is 0 Å². The van der Waals surface area contributed by atoms with E-state index in [1.54, 1.807) is 0 Å². The molecule has 1 aliphatic heterocycles. The summed E-state index contributed by atoms with van der Waals surface area (Å²) in [6, 6.07) is 4.63. The number of nitrogens with two attached hydrogens (primary N) is 1. The lowest BCUT2D eigenvalue weighted by molar-refractivity contribution is 0.0756. The van der Waals surface area contributed by atoms with E-state index < -0.39 is 0 Å². The van der Waals surface area contributed by atoms with E-state index in [9.17, 15) is 0 Å². The summed E-state index contributed by atoms with van der Waals surface area (Å²) in [7, 11) is 0. The molecule has 82 valence electrons. The number of nitrogen functional groups attached to an aromatic ring is 1. The monoisotopic (exact) mass is 207 g/mol. The minimum Gasteiger partial charge on any atom is -0.384 e. The summed E-state index contributed by atoms with van der Waals surface area (Å²) in [4.78, 5) is 6.45. The summed E-state index contributed by atoms with van der Waals surface area (Å²) in [5, 5.41) is 0. The molecule has 0 bridgehead atoms. The fraction of sp³-hybridized carbons (Fsp3) is 0.545. The maximum Gasteiger partial charge on any atom is 0.123 e. The van der Waals surface area contributed by atoms with Crippen LogP contribution in [0, 0.1) is 0 Å². The maximum atomic E-state index is 5.57. The molecule has 0 unspecified atom stereocenters. The molecule has 2 heterocycles. The van der Waals surface area contributed by atoms with Crippen LogP contribution in [-0.4, -0.2) is 30.3 Å². The average Bonchev–Trinajstić information content (AvgIpc) is 2.20. The van der Waals surface area contributed by atoms with Crippen LogP contribution in [0.15, 0.2) is 18.3 Å². The number of pyridine rings is 1. The molecular weight excluding hydrogens is 190 g/mol. The zero-order valence-corrected chi connectivity index (χ0v) is 9.18. The summed E-state index contributed by atoms with van der Waals surface area (Å²) in [5.41, 5.74) is 6.69. The molecule has 1 aliphatic rings. The summed E-state index contributed by atoms with van der Waals surface area (Å²) >= 11 is 0. The fourth-order valence-electron chi connectivity index (χ4n) is 2.06. The Morgan fingerprint density at radius 1 is 1.33 bits per heavy atom. The van der Waals surface area contributed by atoms with Crippen LogP contribution < -0.4 is 10.6 Å². The first-order chi connectivity index (χ1) is 7.18. The van der Waals surface area contributed by atoms with Gasteiger partial charge in [-0.1, -0.05) is 0 Å². The van der Waals surface area contributed by atoms with Gasteiger partial charge in [-0.15, -0.1) is 0 Å². The molecule has 0 radical (unpaired) electrons. The van der Waals surface area contributed by atoms with Crippen LogP contribution in [0.25, 0.3) is 0 Å². The van der Waals surface area contributed by atoms with Gasteiger partial charge in [0.1, 0.15) is 5.82 Å². The first kappa shape index (κ1) is 10.2. The van der Waals surface area contributed by atoms with Crippen LogP contribution in [0.5, 0.6) is 0 Å². The van der Waals surface area contributed by atoms with Crippen LogP contribution in [0.4, 0.5) is 11.5 Å². The van der Waals surface area contributed by atoms with Crippen molar-refractivity contribution in [2.24, 2.45) is 0 Å². The smallest absolute Gasteiger partial charge is 0.123 e. The zero-order valence-electron chi connectivity index (χ0n) is 9.18. The summed E-state index contributed by atoms with van der Waals surface area (Å²) < 4.78 is 5.48. The molecule has 1 fully saturated rings. The van der Waals surface area contributed by atoms with Crippen molar-refractivity contribution in [1.29, 1.82) is 0 Å². The lowest BCUT2D eigenvalue weighted by Crippen LogP contribution is -2.49. The largest absolute Gasteiger partial charge is 0.384 e. The highest BCUT2D eigenvalue weighted by Crippen LogP contribution is 2.22. The van der Waals surface area contributed by atoms with E-state index in [1.165, 1.54) is 0 Å². The Balaban J connectivity index is 2.23. The van der Waals surface area contributed by atoms with Crippen molar-refractivity contribution in [3.8, 4) is 0 Å². The Hall–Kier alpha value is -1.29. The molecule has 1 saturated heterocycles. The highest BCUT2D eigenvalue weighted by molar-refractivity contribution is 5.50. The standard InChI is InChI=1S/C11H17N3O/c1-8-6-15-7-9(2)14(8)10-3-4-11(12)13-5-10/h3-5,8-9H,6-7H2,1-2H3,(H2,12,13)/t8-,9-/m1/s1. The Morgan fingerprint density at radius 2 is 2.00 bits per heavy atom. The number of morpholine rings is 1. The second kappa shape index (κ2) is 4.06. The Bertz CT molecular complexity index is 315. The third-order valence-electron chi connectivity index (χ3n) is 2.74. The van der Waals surface area contributed by atoms with Crippen LogP contribution in [0.2, 0.25) is 0 Å². The van der Waals surface area contributed by atoms with Crippen LogP contribution in [-0.2, 0) is 4.74 Å². The molecule has 0 amide bonds. The van der Waals surface area contributed by atoms with E-state index in [-0.39, 0.29) is 0 Å². The molecular formula is C11H17N3O. The van der Waals surface area contributed by atoms with Gasteiger partial charge in [-0.25, -0.2) is 4.98 Å². The Kier molecular flexibility index (Phi) is 2.77. The van der Waals surface area contributed by atoms with Gasteiger partial charge in [0, 0.05) is 12.1 Å². The molecule has 1 aromatic heterocycles. The van der Waals surface area contributed by atoms with Gasteiger partial charge >= 0.3 is 0 Å². The molecule has 2 rings (SSSR count). The van der Waals surface area contributed by atoms with Crippen molar-refractivity contribution < 1.29 is 4.74 Å². The molecule has 15 heavy (non-hydrogen) atoms. The number of aromatic nitrogens is 1. The van der Waals surface area contributed by atoms with Crippen molar-refractivity contribution in [2.75, 3.05) is 23.8 Å². The van der Waals surface area contributed by atoms with Crippen LogP contribution >= 0.6 is 0 Å². The number of hydrogen-bond donors (Lipinski definition) is 1. The van der Waals surface area contributed by atoms with E-state index in [0.717, 1.165) is 18.9 Å². The van der Waals surface area contributed by atoms with Gasteiger partial charge in [-0.3, -0.25) is 0 Å². The molecule has 0 aromatic carbocycles. The Morgan fingerprint density at radius 3 is 2.53 bits per heavy atom. The minimum absolute atomic E-state index is 0.388. The van der Waals surface area contributed by atoms with Crippen molar-refractivity contribution >= 4 is 11.5 Å². The SMILES string of the molecule is C[C@@H]1COC[C@@H](C)N1c1ccc(N)nc1. The third-order valence-corrected chi connectivity index (χ3v) is 2.74. The molecule has 0 aliphatic carbocycles. The molecule has 0 spiro atoms. The van der Waals surface area contributed by atoms with E-state index in [4.69, 9.17) is 10.5 Å². The highest BCUT2D eigenvalue weighted by Gasteiger charge is 2.25. The van der Waals surface area contributed by atoms with Gasteiger partial charge in [-0.2, -0.15) is 0 Å². The van der Waals surface area contributed by atoms with E-state index >= 15 is 0 Å². The van der Waals surface area contributed by atoms with Crippen molar-refractivity contribution in [3.05, 3.63) is 18.3 Å². The second-order valence-corrected chi connectivity index (χ2v) is 4.08. The van der Waals surface area contributed by atoms with Crippen LogP contribution in [0.1, 0.15) is 13.8 Å². The second-order valence-electron chi connectivity index (χ2n) is 4.08. The quantitative estimate of drug-likeness (QED) is 0.753. The zero-order chi connectivity index (χ0) is 10.8. The molecule has 2 N–H and O–H groups in total. The summed E-state index contributed by atoms with van der Waals surface area (Å²) in [6.07, 6.45) is 1.83. The number of ether oxygens (including phenoxy) is 1. The number of anilines is 2. The van der Waals surface area contributed by atoms with Gasteiger partial charge < -0.3 is 15.4 Å². The van der Waals surface area contributed by atoms with Gasteiger partial charge in [0.05, 0.1) is 25.1 Å². The summed E-state index contributed by atoms with van der Waals surface area (Å²) in [6.45, 7) is 5.86. The normalized spacial score (nSPS) is 26.7. The van der Waals surface area contributed by atoms with E-state index in [0.29, 0.717) is 17.9 Å². The van der Waals surface area contributed by atoms with Gasteiger partial charge in [0.15, 0.2) is 0 Å². The van der Waals surface area contributed by atoms with E-state index in [2.05, 4.69) is 23.7 Å². The number of nitrogens with zero attached hydrogens (tertiary/aromatic N) is 2. The number of rotatable bonds is 1. The first-order valence-corrected chi connectivity index (χ1v) is 5.26. The molecule has 2 atom stereocenters. The highest BCUT2D eigenvalue weighted by atomic mass is 16.5. The number of hydrogen-bond acceptors (Lipinski definition) is 4. The molecule has 1 aromatic rings. The predicted molar refractivity (Wildman–Crippen MR) is 60.9 cm³/mol. The first-order valence-electron chi connectivity index (χ1n) is 5.26. The van der Waals surface area contributed by atoms with E-state index in [1.807, 2.05) is 18.3 Å².